The molecule has 1 atom stereocenters. The summed E-state index contributed by atoms with van der Waals surface area (Å²) in [6.07, 6.45) is 4.37. The van der Waals surface area contributed by atoms with Gasteiger partial charge in [-0.3, -0.25) is 9.59 Å². The molecule has 4 rings (SSSR count). The van der Waals surface area contributed by atoms with Crippen LogP contribution in [0.3, 0.4) is 0 Å². The molecule has 4 nitrogen and oxygen atoms in total. The van der Waals surface area contributed by atoms with E-state index in [-0.39, 0.29) is 11.7 Å². The van der Waals surface area contributed by atoms with Gasteiger partial charge in [0.05, 0.1) is 5.69 Å². The quantitative estimate of drug-likeness (QED) is 0.436. The first-order valence-corrected chi connectivity index (χ1v) is 11.4. The number of nitrogens with one attached hydrogen (secondary N) is 1. The van der Waals surface area contributed by atoms with Gasteiger partial charge in [-0.15, -0.1) is 0 Å². The van der Waals surface area contributed by atoms with Crippen molar-refractivity contribution < 1.29 is 14.3 Å². The Morgan fingerprint density at radius 1 is 0.969 bits per heavy atom. The molecule has 1 amide bonds. The number of carbonyl (C=O) groups is 2. The normalized spacial score (nSPS) is 13.7. The molecule has 3 aromatic carbocycles. The predicted molar refractivity (Wildman–Crippen MR) is 128 cm³/mol. The van der Waals surface area contributed by atoms with Gasteiger partial charge in [-0.1, -0.05) is 54.9 Å². The molecule has 1 aliphatic carbocycles. The third-order valence-corrected chi connectivity index (χ3v) is 6.02. The average molecular weight is 448 g/mol. The molecule has 0 spiro atoms. The maximum Gasteiger partial charge on any atom is 0.265 e. The highest BCUT2D eigenvalue weighted by atomic mass is 35.5. The molecular weight excluding hydrogens is 422 g/mol. The fraction of sp³-hybridized carbons (Fsp3) is 0.259. The Bertz CT molecular complexity index is 1130. The molecule has 0 bridgehead atoms. The minimum atomic E-state index is -0.674. The fourth-order valence-corrected chi connectivity index (χ4v) is 4.21. The van der Waals surface area contributed by atoms with E-state index in [0.29, 0.717) is 34.0 Å². The first-order valence-electron chi connectivity index (χ1n) is 11.0. The van der Waals surface area contributed by atoms with Gasteiger partial charge >= 0.3 is 0 Å². The van der Waals surface area contributed by atoms with Crippen molar-refractivity contribution >= 4 is 29.0 Å². The van der Waals surface area contributed by atoms with Crippen molar-refractivity contribution in [3.8, 4) is 5.75 Å². The molecule has 0 unspecified atom stereocenters. The van der Waals surface area contributed by atoms with Crippen LogP contribution in [0.5, 0.6) is 5.75 Å². The summed E-state index contributed by atoms with van der Waals surface area (Å²) in [6.45, 7) is 1.90. The summed E-state index contributed by atoms with van der Waals surface area (Å²) in [5.74, 6) is 0.200. The summed E-state index contributed by atoms with van der Waals surface area (Å²) in [4.78, 5) is 26.1. The van der Waals surface area contributed by atoms with E-state index in [1.807, 2.05) is 19.1 Å². The first-order chi connectivity index (χ1) is 15.5. The Morgan fingerprint density at radius 2 is 1.72 bits per heavy atom. The maximum atomic E-state index is 13.1. The number of hydrogen-bond donors (Lipinski definition) is 1. The van der Waals surface area contributed by atoms with Gasteiger partial charge in [0.1, 0.15) is 5.75 Å². The summed E-state index contributed by atoms with van der Waals surface area (Å²) in [5.41, 5.74) is 3.97. The Labute approximate surface area is 193 Å². The minimum Gasteiger partial charge on any atom is -0.481 e. The highest BCUT2D eigenvalue weighted by molar-refractivity contribution is 6.31. The summed E-state index contributed by atoms with van der Waals surface area (Å²) in [6, 6.07) is 19.9. The summed E-state index contributed by atoms with van der Waals surface area (Å²) in [7, 11) is 0. The average Bonchev–Trinajstić information content (AvgIpc) is 2.83. The van der Waals surface area contributed by atoms with E-state index < -0.39 is 6.10 Å². The van der Waals surface area contributed by atoms with E-state index in [4.69, 9.17) is 16.3 Å². The van der Waals surface area contributed by atoms with Crippen LogP contribution in [0.25, 0.3) is 0 Å². The smallest absolute Gasteiger partial charge is 0.265 e. The maximum absolute atomic E-state index is 13.1. The fourth-order valence-electron chi connectivity index (χ4n) is 4.04. The van der Waals surface area contributed by atoms with Crippen molar-refractivity contribution in [3.63, 3.8) is 0 Å². The minimum absolute atomic E-state index is 0.202. The van der Waals surface area contributed by atoms with Gasteiger partial charge in [0, 0.05) is 16.1 Å². The monoisotopic (exact) mass is 447 g/mol. The Balaban J connectivity index is 1.53. The van der Waals surface area contributed by atoms with Crippen LogP contribution in [-0.4, -0.2) is 17.8 Å². The summed E-state index contributed by atoms with van der Waals surface area (Å²) in [5, 5.41) is 3.31. The van der Waals surface area contributed by atoms with Crippen molar-refractivity contribution in [1.82, 2.24) is 0 Å². The number of fused-ring (bicyclic) bond motifs is 1. The van der Waals surface area contributed by atoms with Crippen molar-refractivity contribution in [2.24, 2.45) is 0 Å². The number of rotatable bonds is 7. The van der Waals surface area contributed by atoms with Gasteiger partial charge < -0.3 is 10.1 Å². The van der Waals surface area contributed by atoms with E-state index in [1.54, 1.807) is 42.5 Å². The number of halogens is 1. The summed E-state index contributed by atoms with van der Waals surface area (Å²) < 4.78 is 6.05. The second-order valence-electron chi connectivity index (χ2n) is 8.03. The highest BCUT2D eigenvalue weighted by Gasteiger charge is 2.22. The van der Waals surface area contributed by atoms with Gasteiger partial charge in [-0.25, -0.2) is 0 Å². The van der Waals surface area contributed by atoms with Crippen LogP contribution in [0.1, 0.15) is 53.2 Å². The lowest BCUT2D eigenvalue weighted by molar-refractivity contribution is -0.122. The van der Waals surface area contributed by atoms with Gasteiger partial charge in [-0.05, 0) is 73.6 Å². The zero-order chi connectivity index (χ0) is 22.5. The number of ketones is 1. The lowest BCUT2D eigenvalue weighted by Gasteiger charge is -2.21. The standard InChI is InChI=1S/C27H26ClNO3/c1-2-25(32-22-14-12-18-8-6-7-11-20(18)16-22)27(31)29-24-15-13-21(28)17-23(24)26(30)19-9-4-3-5-10-19/h3-5,9-10,12-17,25H,2,6-8,11H2,1H3,(H,29,31)/t25-/m1/s1. The van der Waals surface area contributed by atoms with E-state index in [9.17, 15) is 9.59 Å². The number of hydrogen-bond acceptors (Lipinski definition) is 3. The van der Waals surface area contributed by atoms with Crippen molar-refractivity contribution in [3.05, 3.63) is 94.0 Å². The molecular formula is C27H26ClNO3. The van der Waals surface area contributed by atoms with Crippen LogP contribution >= 0.6 is 11.6 Å². The largest absolute Gasteiger partial charge is 0.481 e. The van der Waals surface area contributed by atoms with E-state index in [2.05, 4.69) is 17.4 Å². The molecule has 0 radical (unpaired) electrons. The Morgan fingerprint density at radius 3 is 2.47 bits per heavy atom. The van der Waals surface area contributed by atoms with Crippen molar-refractivity contribution in [2.45, 2.75) is 45.1 Å². The van der Waals surface area contributed by atoms with E-state index >= 15 is 0 Å². The lowest BCUT2D eigenvalue weighted by atomic mass is 9.92. The van der Waals surface area contributed by atoms with Crippen molar-refractivity contribution in [2.75, 3.05) is 5.32 Å². The van der Waals surface area contributed by atoms with E-state index in [0.717, 1.165) is 12.8 Å². The van der Waals surface area contributed by atoms with Crippen LogP contribution in [0.15, 0.2) is 66.7 Å². The zero-order valence-electron chi connectivity index (χ0n) is 18.1. The molecule has 0 fully saturated rings. The molecule has 1 aliphatic rings. The SMILES string of the molecule is CC[C@@H](Oc1ccc2c(c1)CCCC2)C(=O)Nc1ccc(Cl)cc1C(=O)c1ccccc1. The van der Waals surface area contributed by atoms with Crippen molar-refractivity contribution in [1.29, 1.82) is 0 Å². The number of anilines is 1. The van der Waals surface area contributed by atoms with Gasteiger partial charge in [0.25, 0.3) is 5.91 Å². The second-order valence-corrected chi connectivity index (χ2v) is 8.46. The predicted octanol–water partition coefficient (Wildman–Crippen LogP) is 6.25. The number of aryl methyl sites for hydroxylation is 2. The second kappa shape index (κ2) is 10.0. The number of ether oxygens (including phenoxy) is 1. The van der Waals surface area contributed by atoms with Crippen LogP contribution < -0.4 is 10.1 Å². The Hall–Kier alpha value is -3.11. The first kappa shape index (κ1) is 22.1. The molecule has 164 valence electrons. The molecule has 32 heavy (non-hydrogen) atoms. The van der Waals surface area contributed by atoms with Gasteiger partial charge in [0.2, 0.25) is 0 Å². The number of benzene rings is 3. The van der Waals surface area contributed by atoms with Crippen LogP contribution in [0.2, 0.25) is 5.02 Å². The molecule has 0 saturated heterocycles. The van der Waals surface area contributed by atoms with Crippen LogP contribution in [0, 0.1) is 0 Å². The molecule has 0 heterocycles. The summed E-state index contributed by atoms with van der Waals surface area (Å²) >= 11 is 6.15. The number of amides is 1. The third kappa shape index (κ3) is 5.03. The topological polar surface area (TPSA) is 55.4 Å². The molecule has 1 N–H and O–H groups in total. The Kier molecular flexibility index (Phi) is 6.91. The van der Waals surface area contributed by atoms with Gasteiger partial charge in [0.15, 0.2) is 11.9 Å². The van der Waals surface area contributed by atoms with E-state index in [1.165, 1.54) is 24.0 Å². The molecule has 3 aromatic rings. The highest BCUT2D eigenvalue weighted by Crippen LogP contribution is 2.27. The molecule has 5 heteroatoms. The van der Waals surface area contributed by atoms with Crippen LogP contribution in [-0.2, 0) is 17.6 Å². The molecule has 0 aromatic heterocycles. The molecule has 0 saturated carbocycles. The molecule has 0 aliphatic heterocycles. The van der Waals surface area contributed by atoms with Gasteiger partial charge in [-0.2, -0.15) is 0 Å². The van der Waals surface area contributed by atoms with Crippen LogP contribution in [0.4, 0.5) is 5.69 Å². The zero-order valence-corrected chi connectivity index (χ0v) is 18.8. The lowest BCUT2D eigenvalue weighted by Crippen LogP contribution is -2.33. The number of carbonyl (C=O) groups excluding carboxylic acids is 2. The third-order valence-electron chi connectivity index (χ3n) is 5.78.